The molecule has 1 fully saturated rings. The minimum Gasteiger partial charge on any atom is -0.319 e. The second kappa shape index (κ2) is 4.85. The average Bonchev–Trinajstić information content (AvgIpc) is 2.47. The van der Waals surface area contributed by atoms with E-state index in [1.54, 1.807) is 18.2 Å². The molecule has 4 nitrogen and oxygen atoms in total. The van der Waals surface area contributed by atoms with E-state index in [2.05, 4.69) is 16.0 Å². The molecule has 0 unspecified atom stereocenters. The number of aromatic amines is 1. The molecule has 0 bridgehead atoms. The highest BCUT2D eigenvalue weighted by atomic mass is 16.1. The summed E-state index contributed by atoms with van der Waals surface area (Å²) < 4.78 is 0. The number of nitrogens with zero attached hydrogens (tertiary/aromatic N) is 2. The summed E-state index contributed by atoms with van der Waals surface area (Å²) >= 11 is 0. The van der Waals surface area contributed by atoms with Crippen molar-refractivity contribution in [3.05, 3.63) is 39.8 Å². The molecule has 4 heteroatoms. The normalized spacial score (nSPS) is 16.4. The summed E-state index contributed by atoms with van der Waals surface area (Å²) in [7, 11) is 0. The summed E-state index contributed by atoms with van der Waals surface area (Å²) in [5.41, 5.74) is 2.54. The zero-order valence-electron chi connectivity index (χ0n) is 10.6. The standard InChI is InChI=1S/C15H15N3O/c16-9-10-6-7-12-13(8-10)17-14(15(19)18-12)11-4-2-1-3-5-11/h6-8,11H,1-5H2,(H,18,19). The number of hydrogen-bond acceptors (Lipinski definition) is 3. The fraction of sp³-hybridized carbons (Fsp3) is 0.400. The third-order valence-electron chi connectivity index (χ3n) is 3.84. The molecular weight excluding hydrogens is 238 g/mol. The molecular formula is C15H15N3O. The number of fused-ring (bicyclic) bond motifs is 1. The Labute approximate surface area is 111 Å². The molecule has 1 saturated carbocycles. The van der Waals surface area contributed by atoms with Gasteiger partial charge in [0.1, 0.15) is 5.69 Å². The van der Waals surface area contributed by atoms with Gasteiger partial charge in [0, 0.05) is 5.92 Å². The number of nitriles is 1. The average molecular weight is 253 g/mol. The molecule has 0 amide bonds. The predicted molar refractivity (Wildman–Crippen MR) is 72.9 cm³/mol. The summed E-state index contributed by atoms with van der Waals surface area (Å²) in [6.45, 7) is 0. The van der Waals surface area contributed by atoms with E-state index in [4.69, 9.17) is 5.26 Å². The SMILES string of the molecule is N#Cc1ccc2[nH]c(=O)c(C3CCCCC3)nc2c1. The third-order valence-corrected chi connectivity index (χ3v) is 3.84. The van der Waals surface area contributed by atoms with Gasteiger partial charge in [-0.1, -0.05) is 19.3 Å². The third kappa shape index (κ3) is 2.24. The molecule has 96 valence electrons. The van der Waals surface area contributed by atoms with Gasteiger partial charge in [-0.25, -0.2) is 4.98 Å². The summed E-state index contributed by atoms with van der Waals surface area (Å²) in [5, 5.41) is 8.92. The monoisotopic (exact) mass is 253 g/mol. The Morgan fingerprint density at radius 1 is 1.26 bits per heavy atom. The summed E-state index contributed by atoms with van der Waals surface area (Å²) in [5.74, 6) is 0.271. The van der Waals surface area contributed by atoms with Gasteiger partial charge >= 0.3 is 0 Å². The van der Waals surface area contributed by atoms with Gasteiger partial charge in [0.2, 0.25) is 0 Å². The summed E-state index contributed by atoms with van der Waals surface area (Å²) in [4.78, 5) is 19.5. The molecule has 1 N–H and O–H groups in total. The van der Waals surface area contributed by atoms with Gasteiger partial charge in [-0.2, -0.15) is 5.26 Å². The Bertz CT molecular complexity index is 705. The summed E-state index contributed by atoms with van der Waals surface area (Å²) in [6.07, 6.45) is 5.67. The van der Waals surface area contributed by atoms with Crippen molar-refractivity contribution < 1.29 is 0 Å². The zero-order chi connectivity index (χ0) is 13.2. The number of hydrogen-bond donors (Lipinski definition) is 1. The van der Waals surface area contributed by atoms with Crippen LogP contribution in [0.2, 0.25) is 0 Å². The Morgan fingerprint density at radius 2 is 2.05 bits per heavy atom. The van der Waals surface area contributed by atoms with Crippen molar-refractivity contribution >= 4 is 11.0 Å². The van der Waals surface area contributed by atoms with Crippen molar-refractivity contribution in [3.8, 4) is 6.07 Å². The van der Waals surface area contributed by atoms with Crippen LogP contribution in [-0.2, 0) is 0 Å². The number of nitrogens with one attached hydrogen (secondary N) is 1. The van der Waals surface area contributed by atoms with Crippen LogP contribution in [0.1, 0.15) is 49.3 Å². The maximum Gasteiger partial charge on any atom is 0.270 e. The largest absolute Gasteiger partial charge is 0.319 e. The van der Waals surface area contributed by atoms with Gasteiger partial charge in [0.25, 0.3) is 5.56 Å². The maximum absolute atomic E-state index is 12.1. The predicted octanol–water partition coefficient (Wildman–Crippen LogP) is 2.84. The fourth-order valence-electron chi connectivity index (χ4n) is 2.82. The maximum atomic E-state index is 12.1. The van der Waals surface area contributed by atoms with Crippen molar-refractivity contribution in [1.29, 1.82) is 5.26 Å². The molecule has 2 aromatic rings. The lowest BCUT2D eigenvalue weighted by Crippen LogP contribution is -2.20. The molecule has 1 aliphatic rings. The summed E-state index contributed by atoms with van der Waals surface area (Å²) in [6, 6.07) is 7.27. The molecule has 1 aliphatic carbocycles. The van der Waals surface area contributed by atoms with Gasteiger partial charge in [-0.05, 0) is 31.0 Å². The van der Waals surface area contributed by atoms with Gasteiger partial charge in [-0.15, -0.1) is 0 Å². The van der Waals surface area contributed by atoms with Gasteiger partial charge in [-0.3, -0.25) is 4.79 Å². The van der Waals surface area contributed by atoms with Crippen LogP contribution in [0.25, 0.3) is 11.0 Å². The lowest BCUT2D eigenvalue weighted by Gasteiger charge is -2.20. The van der Waals surface area contributed by atoms with Crippen LogP contribution >= 0.6 is 0 Å². The highest BCUT2D eigenvalue weighted by molar-refractivity contribution is 5.75. The van der Waals surface area contributed by atoms with Crippen LogP contribution in [0.15, 0.2) is 23.0 Å². The van der Waals surface area contributed by atoms with Crippen molar-refractivity contribution in [1.82, 2.24) is 9.97 Å². The van der Waals surface area contributed by atoms with Crippen molar-refractivity contribution in [2.75, 3.05) is 0 Å². The first-order chi connectivity index (χ1) is 9.28. The quantitative estimate of drug-likeness (QED) is 0.849. The molecule has 3 rings (SSSR count). The van der Waals surface area contributed by atoms with Gasteiger partial charge in [0.15, 0.2) is 0 Å². The molecule has 1 aromatic carbocycles. The molecule has 0 aliphatic heterocycles. The molecule has 0 radical (unpaired) electrons. The first-order valence-corrected chi connectivity index (χ1v) is 6.72. The lowest BCUT2D eigenvalue weighted by molar-refractivity contribution is 0.434. The van der Waals surface area contributed by atoms with E-state index in [1.165, 1.54) is 19.3 Å². The van der Waals surface area contributed by atoms with Crippen LogP contribution in [0.5, 0.6) is 0 Å². The lowest BCUT2D eigenvalue weighted by atomic mass is 9.87. The van der Waals surface area contributed by atoms with Crippen LogP contribution in [-0.4, -0.2) is 9.97 Å². The number of aromatic nitrogens is 2. The van der Waals surface area contributed by atoms with Gasteiger partial charge in [0.05, 0.1) is 22.7 Å². The zero-order valence-corrected chi connectivity index (χ0v) is 10.6. The highest BCUT2D eigenvalue weighted by Gasteiger charge is 2.20. The Balaban J connectivity index is 2.11. The number of rotatable bonds is 1. The van der Waals surface area contributed by atoms with E-state index in [-0.39, 0.29) is 11.5 Å². The second-order valence-corrected chi connectivity index (χ2v) is 5.13. The first-order valence-electron chi connectivity index (χ1n) is 6.72. The number of benzene rings is 1. The van der Waals surface area contributed by atoms with E-state index in [0.29, 0.717) is 22.3 Å². The Morgan fingerprint density at radius 3 is 2.79 bits per heavy atom. The van der Waals surface area contributed by atoms with Crippen LogP contribution in [0.3, 0.4) is 0 Å². The molecule has 0 atom stereocenters. The van der Waals surface area contributed by atoms with Crippen LogP contribution in [0, 0.1) is 11.3 Å². The van der Waals surface area contributed by atoms with E-state index in [9.17, 15) is 4.79 Å². The fourth-order valence-corrected chi connectivity index (χ4v) is 2.82. The van der Waals surface area contributed by atoms with Crippen LogP contribution < -0.4 is 5.56 Å². The van der Waals surface area contributed by atoms with E-state index in [0.717, 1.165) is 12.8 Å². The first kappa shape index (κ1) is 11.9. The smallest absolute Gasteiger partial charge is 0.270 e. The molecule has 1 heterocycles. The number of H-pyrrole nitrogens is 1. The van der Waals surface area contributed by atoms with E-state index < -0.39 is 0 Å². The molecule has 0 spiro atoms. The Kier molecular flexibility index (Phi) is 3.04. The molecule has 1 aromatic heterocycles. The van der Waals surface area contributed by atoms with E-state index in [1.807, 2.05) is 0 Å². The second-order valence-electron chi connectivity index (χ2n) is 5.13. The molecule has 0 saturated heterocycles. The van der Waals surface area contributed by atoms with Crippen molar-refractivity contribution in [2.24, 2.45) is 0 Å². The Hall–Kier alpha value is -2.15. The molecule has 19 heavy (non-hydrogen) atoms. The highest BCUT2D eigenvalue weighted by Crippen LogP contribution is 2.30. The van der Waals surface area contributed by atoms with Crippen molar-refractivity contribution in [2.45, 2.75) is 38.0 Å². The minimum atomic E-state index is -0.0795. The van der Waals surface area contributed by atoms with Gasteiger partial charge < -0.3 is 4.98 Å². The van der Waals surface area contributed by atoms with E-state index >= 15 is 0 Å². The van der Waals surface area contributed by atoms with Crippen molar-refractivity contribution in [3.63, 3.8) is 0 Å². The van der Waals surface area contributed by atoms with Crippen LogP contribution in [0.4, 0.5) is 0 Å². The topological polar surface area (TPSA) is 69.5 Å². The minimum absolute atomic E-state index is 0.0795.